The molecule has 0 aromatic carbocycles. The normalized spacial score (nSPS) is 12.3. The van der Waals surface area contributed by atoms with Crippen molar-refractivity contribution in [3.8, 4) is 5.88 Å². The van der Waals surface area contributed by atoms with Crippen molar-refractivity contribution in [3.63, 3.8) is 0 Å². The molecule has 0 saturated heterocycles. The number of carboxylic acid groups (broad SMARTS) is 1. The smallest absolute Gasteiger partial charge is 0.410 e. The summed E-state index contributed by atoms with van der Waals surface area (Å²) >= 11 is 0. The lowest BCUT2D eigenvalue weighted by Gasteiger charge is -2.27. The first-order valence-electron chi connectivity index (χ1n) is 11.9. The monoisotopic (exact) mass is 499 g/mol. The van der Waals surface area contributed by atoms with Crippen molar-refractivity contribution >= 4 is 18.0 Å². The van der Waals surface area contributed by atoms with Crippen molar-refractivity contribution in [2.75, 3.05) is 47.0 Å². The predicted molar refractivity (Wildman–Crippen MR) is 128 cm³/mol. The van der Waals surface area contributed by atoms with E-state index < -0.39 is 23.6 Å². The van der Waals surface area contributed by atoms with Gasteiger partial charge in [0.15, 0.2) is 5.76 Å². The molecular formula is C24H41N3O8. The molecule has 0 radical (unpaired) electrons. The Balaban J connectivity index is 2.35. The van der Waals surface area contributed by atoms with Gasteiger partial charge in [0, 0.05) is 46.3 Å². The van der Waals surface area contributed by atoms with Gasteiger partial charge in [-0.3, -0.25) is 9.59 Å². The molecule has 0 aliphatic rings. The Kier molecular flexibility index (Phi) is 12.6. The SMILES string of the molecule is CC(C)C(C(=O)O)c1cc(OCCCCOCCN(CCC(=O)N(C)C)C(=O)OC(C)(C)C)no1. The molecule has 0 fully saturated rings. The van der Waals surface area contributed by atoms with E-state index in [2.05, 4.69) is 5.16 Å². The van der Waals surface area contributed by atoms with E-state index in [0.717, 1.165) is 6.42 Å². The van der Waals surface area contributed by atoms with Gasteiger partial charge in [-0.2, -0.15) is 0 Å². The van der Waals surface area contributed by atoms with Crippen LogP contribution < -0.4 is 4.74 Å². The number of nitrogens with zero attached hydrogens (tertiary/aromatic N) is 3. The van der Waals surface area contributed by atoms with Crippen LogP contribution in [-0.2, 0) is 19.1 Å². The minimum absolute atomic E-state index is 0.0682. The molecule has 1 heterocycles. The summed E-state index contributed by atoms with van der Waals surface area (Å²) in [5.41, 5.74) is -0.629. The maximum Gasteiger partial charge on any atom is 0.410 e. The Labute approximate surface area is 207 Å². The second kappa shape index (κ2) is 14.6. The van der Waals surface area contributed by atoms with Crippen LogP contribution in [0.2, 0.25) is 0 Å². The number of hydrogen-bond acceptors (Lipinski definition) is 8. The molecular weight excluding hydrogens is 458 g/mol. The number of aromatic nitrogens is 1. The first kappa shape index (κ1) is 30.2. The van der Waals surface area contributed by atoms with Gasteiger partial charge in [-0.25, -0.2) is 4.79 Å². The molecule has 0 bridgehead atoms. The van der Waals surface area contributed by atoms with Crippen LogP contribution in [0.4, 0.5) is 4.79 Å². The summed E-state index contributed by atoms with van der Waals surface area (Å²) in [6.45, 7) is 10.7. The minimum atomic E-state index is -0.964. The minimum Gasteiger partial charge on any atom is -0.481 e. The average Bonchev–Trinajstić information content (AvgIpc) is 3.17. The highest BCUT2D eigenvalue weighted by Crippen LogP contribution is 2.27. The molecule has 1 aromatic heterocycles. The molecule has 11 nitrogen and oxygen atoms in total. The molecule has 2 amide bonds. The number of carbonyl (C=O) groups excluding carboxylic acids is 2. The zero-order valence-corrected chi connectivity index (χ0v) is 22.0. The molecule has 1 unspecified atom stereocenters. The summed E-state index contributed by atoms with van der Waals surface area (Å²) in [6, 6.07) is 1.52. The van der Waals surface area contributed by atoms with E-state index >= 15 is 0 Å². The van der Waals surface area contributed by atoms with Crippen LogP contribution in [0.15, 0.2) is 10.6 Å². The number of amides is 2. The van der Waals surface area contributed by atoms with Gasteiger partial charge in [-0.15, -0.1) is 0 Å². The molecule has 0 saturated carbocycles. The highest BCUT2D eigenvalue weighted by molar-refractivity contribution is 5.77. The second-order valence-electron chi connectivity index (χ2n) is 9.80. The third kappa shape index (κ3) is 11.9. The molecule has 0 spiro atoms. The van der Waals surface area contributed by atoms with Gasteiger partial charge in [-0.05, 0) is 44.7 Å². The summed E-state index contributed by atoms with van der Waals surface area (Å²) in [5, 5.41) is 13.1. The molecule has 1 atom stereocenters. The van der Waals surface area contributed by atoms with E-state index in [1.54, 1.807) is 48.7 Å². The molecule has 1 aromatic rings. The summed E-state index contributed by atoms with van der Waals surface area (Å²) in [4.78, 5) is 38.7. The number of carbonyl (C=O) groups is 3. The van der Waals surface area contributed by atoms with Crippen LogP contribution in [0.1, 0.15) is 65.6 Å². The first-order chi connectivity index (χ1) is 16.3. The summed E-state index contributed by atoms with van der Waals surface area (Å²) in [5.74, 6) is -1.41. The van der Waals surface area contributed by atoms with E-state index in [4.69, 9.17) is 18.7 Å². The molecule has 0 aliphatic carbocycles. The standard InChI is InChI=1S/C24H41N3O8/c1-17(2)21(22(29)30)18-16-19(25-35-18)33-14-9-8-13-32-15-12-27(11-10-20(28)26(6)7)23(31)34-24(3,4)5/h16-17,21H,8-15H2,1-7H3,(H,29,30). The molecule has 200 valence electrons. The average molecular weight is 500 g/mol. The number of carboxylic acids is 1. The van der Waals surface area contributed by atoms with Crippen LogP contribution in [0, 0.1) is 5.92 Å². The number of unbranched alkanes of at least 4 members (excludes halogenated alkanes) is 1. The van der Waals surface area contributed by atoms with Crippen molar-refractivity contribution in [2.45, 2.75) is 65.4 Å². The summed E-state index contributed by atoms with van der Waals surface area (Å²) in [6.07, 6.45) is 1.15. The molecule has 35 heavy (non-hydrogen) atoms. The molecule has 11 heteroatoms. The fourth-order valence-electron chi connectivity index (χ4n) is 3.06. The van der Waals surface area contributed by atoms with E-state index in [1.807, 2.05) is 0 Å². The van der Waals surface area contributed by atoms with Gasteiger partial charge in [0.1, 0.15) is 11.5 Å². The Bertz CT molecular complexity index is 801. The third-order valence-corrected chi connectivity index (χ3v) is 4.93. The van der Waals surface area contributed by atoms with E-state index in [-0.39, 0.29) is 36.4 Å². The van der Waals surface area contributed by atoms with Crippen LogP contribution in [-0.4, -0.2) is 90.6 Å². The lowest BCUT2D eigenvalue weighted by atomic mass is 9.94. The van der Waals surface area contributed by atoms with Gasteiger partial charge in [0.2, 0.25) is 5.91 Å². The lowest BCUT2D eigenvalue weighted by Crippen LogP contribution is -2.40. The topological polar surface area (TPSA) is 132 Å². The Hall–Kier alpha value is -2.82. The number of ether oxygens (including phenoxy) is 3. The van der Waals surface area contributed by atoms with Crippen LogP contribution in [0.5, 0.6) is 5.88 Å². The highest BCUT2D eigenvalue weighted by Gasteiger charge is 2.28. The van der Waals surface area contributed by atoms with Crippen LogP contribution in [0.25, 0.3) is 0 Å². The van der Waals surface area contributed by atoms with Crippen molar-refractivity contribution < 1.29 is 38.2 Å². The largest absolute Gasteiger partial charge is 0.481 e. The molecule has 1 N–H and O–H groups in total. The number of hydrogen-bond donors (Lipinski definition) is 1. The Morgan fingerprint density at radius 3 is 2.31 bits per heavy atom. The van der Waals surface area contributed by atoms with Crippen LogP contribution in [0.3, 0.4) is 0 Å². The van der Waals surface area contributed by atoms with Gasteiger partial charge < -0.3 is 33.6 Å². The van der Waals surface area contributed by atoms with E-state index in [9.17, 15) is 19.5 Å². The summed E-state index contributed by atoms with van der Waals surface area (Å²) < 4.78 is 21.7. The molecule has 0 aliphatic heterocycles. The van der Waals surface area contributed by atoms with Crippen molar-refractivity contribution in [2.24, 2.45) is 5.92 Å². The molecule has 1 rings (SSSR count). The maximum absolute atomic E-state index is 12.5. The highest BCUT2D eigenvalue weighted by atomic mass is 16.6. The number of aliphatic carboxylic acids is 1. The fourth-order valence-corrected chi connectivity index (χ4v) is 3.06. The quantitative estimate of drug-likeness (QED) is 0.361. The fraction of sp³-hybridized carbons (Fsp3) is 0.750. The summed E-state index contributed by atoms with van der Waals surface area (Å²) in [7, 11) is 3.35. The second-order valence-corrected chi connectivity index (χ2v) is 9.80. The van der Waals surface area contributed by atoms with Crippen LogP contribution >= 0.6 is 0 Å². The van der Waals surface area contributed by atoms with E-state index in [0.29, 0.717) is 32.8 Å². The lowest BCUT2D eigenvalue weighted by molar-refractivity contribution is -0.140. The van der Waals surface area contributed by atoms with Crippen molar-refractivity contribution in [1.82, 2.24) is 15.0 Å². The Morgan fingerprint density at radius 1 is 1.09 bits per heavy atom. The Morgan fingerprint density at radius 2 is 1.74 bits per heavy atom. The van der Waals surface area contributed by atoms with Gasteiger partial charge in [-0.1, -0.05) is 13.8 Å². The van der Waals surface area contributed by atoms with Gasteiger partial charge in [0.05, 0.1) is 13.2 Å². The van der Waals surface area contributed by atoms with Crippen molar-refractivity contribution in [3.05, 3.63) is 11.8 Å². The van der Waals surface area contributed by atoms with Gasteiger partial charge >= 0.3 is 12.1 Å². The van der Waals surface area contributed by atoms with E-state index in [1.165, 1.54) is 15.9 Å². The zero-order chi connectivity index (χ0) is 26.6. The third-order valence-electron chi connectivity index (χ3n) is 4.93. The number of rotatable bonds is 15. The zero-order valence-electron chi connectivity index (χ0n) is 22.0. The predicted octanol–water partition coefficient (Wildman–Crippen LogP) is 3.39. The first-order valence-corrected chi connectivity index (χ1v) is 11.9. The van der Waals surface area contributed by atoms with Crippen molar-refractivity contribution in [1.29, 1.82) is 0 Å². The maximum atomic E-state index is 12.5. The van der Waals surface area contributed by atoms with Gasteiger partial charge in [0.25, 0.3) is 5.88 Å².